The summed E-state index contributed by atoms with van der Waals surface area (Å²) in [6.45, 7) is 13.3. The van der Waals surface area contributed by atoms with E-state index in [0.29, 0.717) is 5.92 Å². The number of piperidine rings is 1. The van der Waals surface area contributed by atoms with E-state index in [1.54, 1.807) is 0 Å². The maximum atomic E-state index is 4.96. The van der Waals surface area contributed by atoms with Crippen molar-refractivity contribution in [2.45, 2.75) is 65.8 Å². The van der Waals surface area contributed by atoms with Gasteiger partial charge in [0, 0.05) is 24.5 Å². The average molecular weight is 310 g/mol. The van der Waals surface area contributed by atoms with Gasteiger partial charge in [-0.3, -0.25) is 0 Å². The SMILES string of the molecule is CCCC1CCN(c2nc(C(C)C)c(CNCC)s2)CC1. The van der Waals surface area contributed by atoms with Gasteiger partial charge in [-0.25, -0.2) is 4.98 Å². The maximum absolute atomic E-state index is 4.96. The normalized spacial score (nSPS) is 16.9. The molecule has 1 aromatic rings. The second kappa shape index (κ2) is 8.14. The summed E-state index contributed by atoms with van der Waals surface area (Å²) < 4.78 is 0. The molecule has 0 atom stereocenters. The van der Waals surface area contributed by atoms with E-state index in [1.807, 2.05) is 11.3 Å². The van der Waals surface area contributed by atoms with Crippen molar-refractivity contribution in [3.63, 3.8) is 0 Å². The third kappa shape index (κ3) is 4.43. The Balaban J connectivity index is 2.03. The molecule has 0 radical (unpaired) electrons. The van der Waals surface area contributed by atoms with Gasteiger partial charge in [0.2, 0.25) is 0 Å². The van der Waals surface area contributed by atoms with Crippen LogP contribution in [0.3, 0.4) is 0 Å². The molecule has 4 heteroatoms. The van der Waals surface area contributed by atoms with Gasteiger partial charge in [-0.1, -0.05) is 40.5 Å². The summed E-state index contributed by atoms with van der Waals surface area (Å²) in [6, 6.07) is 0. The van der Waals surface area contributed by atoms with Crippen LogP contribution in [0.5, 0.6) is 0 Å². The molecule has 1 aliphatic rings. The van der Waals surface area contributed by atoms with Gasteiger partial charge in [-0.05, 0) is 31.2 Å². The molecule has 0 unspecified atom stereocenters. The summed E-state index contributed by atoms with van der Waals surface area (Å²) in [5, 5.41) is 4.70. The molecule has 120 valence electrons. The molecule has 0 amide bonds. The van der Waals surface area contributed by atoms with E-state index >= 15 is 0 Å². The smallest absolute Gasteiger partial charge is 0.185 e. The average Bonchev–Trinajstić information content (AvgIpc) is 2.90. The number of thiazole rings is 1. The van der Waals surface area contributed by atoms with Crippen LogP contribution in [0.4, 0.5) is 5.13 Å². The van der Waals surface area contributed by atoms with Crippen LogP contribution in [0.15, 0.2) is 0 Å². The highest BCUT2D eigenvalue weighted by Gasteiger charge is 2.23. The molecule has 0 aromatic carbocycles. The molecule has 21 heavy (non-hydrogen) atoms. The summed E-state index contributed by atoms with van der Waals surface area (Å²) in [5.74, 6) is 1.46. The quantitative estimate of drug-likeness (QED) is 0.809. The standard InChI is InChI=1S/C17H31N3S/c1-5-7-14-8-10-20(11-9-14)17-19-16(13(3)4)15(21-17)12-18-6-2/h13-14,18H,5-12H2,1-4H3. The molecule has 0 saturated carbocycles. The fraction of sp³-hybridized carbons (Fsp3) is 0.824. The van der Waals surface area contributed by atoms with Crippen LogP contribution >= 0.6 is 11.3 Å². The zero-order valence-corrected chi connectivity index (χ0v) is 14.9. The molecule has 0 aliphatic carbocycles. The van der Waals surface area contributed by atoms with Crippen molar-refractivity contribution in [3.8, 4) is 0 Å². The Morgan fingerprint density at radius 3 is 2.57 bits per heavy atom. The number of hydrogen-bond donors (Lipinski definition) is 1. The van der Waals surface area contributed by atoms with Crippen LogP contribution in [0.1, 0.15) is 69.9 Å². The fourth-order valence-electron chi connectivity index (χ4n) is 3.12. The Labute approximate surface area is 134 Å². The zero-order chi connectivity index (χ0) is 15.2. The Kier molecular flexibility index (Phi) is 6.49. The van der Waals surface area contributed by atoms with Crippen molar-refractivity contribution in [2.75, 3.05) is 24.5 Å². The first-order valence-electron chi connectivity index (χ1n) is 8.60. The number of hydrogen-bond acceptors (Lipinski definition) is 4. The van der Waals surface area contributed by atoms with Gasteiger partial charge in [-0.15, -0.1) is 11.3 Å². The van der Waals surface area contributed by atoms with Gasteiger partial charge in [0.15, 0.2) is 5.13 Å². The Morgan fingerprint density at radius 2 is 2.00 bits per heavy atom. The molecule has 1 saturated heterocycles. The zero-order valence-electron chi connectivity index (χ0n) is 14.1. The highest BCUT2D eigenvalue weighted by Crippen LogP contribution is 2.33. The van der Waals surface area contributed by atoms with Gasteiger partial charge >= 0.3 is 0 Å². The third-order valence-electron chi connectivity index (χ3n) is 4.38. The van der Waals surface area contributed by atoms with Gasteiger partial charge in [0.1, 0.15) is 0 Å². The summed E-state index contributed by atoms with van der Waals surface area (Å²) in [5.41, 5.74) is 1.30. The van der Waals surface area contributed by atoms with Crippen LogP contribution in [-0.4, -0.2) is 24.6 Å². The molecular weight excluding hydrogens is 278 g/mol. The minimum atomic E-state index is 0.515. The number of nitrogens with zero attached hydrogens (tertiary/aromatic N) is 2. The van der Waals surface area contributed by atoms with Crippen LogP contribution in [0, 0.1) is 5.92 Å². The van der Waals surface area contributed by atoms with Gasteiger partial charge < -0.3 is 10.2 Å². The molecule has 1 fully saturated rings. The van der Waals surface area contributed by atoms with E-state index in [9.17, 15) is 0 Å². The van der Waals surface area contributed by atoms with Crippen LogP contribution in [-0.2, 0) is 6.54 Å². The molecule has 1 N–H and O–H groups in total. The first-order valence-corrected chi connectivity index (χ1v) is 9.42. The van der Waals surface area contributed by atoms with Crippen LogP contribution in [0.2, 0.25) is 0 Å². The van der Waals surface area contributed by atoms with Crippen molar-refractivity contribution < 1.29 is 0 Å². The highest BCUT2D eigenvalue weighted by molar-refractivity contribution is 7.15. The second-order valence-corrected chi connectivity index (χ2v) is 7.52. The van der Waals surface area contributed by atoms with E-state index in [4.69, 9.17) is 4.98 Å². The first-order chi connectivity index (χ1) is 10.2. The highest BCUT2D eigenvalue weighted by atomic mass is 32.1. The lowest BCUT2D eigenvalue weighted by Crippen LogP contribution is -2.33. The predicted molar refractivity (Wildman–Crippen MR) is 93.4 cm³/mol. The van der Waals surface area contributed by atoms with Gasteiger partial charge in [0.25, 0.3) is 0 Å². The van der Waals surface area contributed by atoms with Crippen LogP contribution in [0.25, 0.3) is 0 Å². The van der Waals surface area contributed by atoms with Crippen molar-refractivity contribution in [2.24, 2.45) is 5.92 Å². The van der Waals surface area contributed by atoms with E-state index in [2.05, 4.69) is 37.9 Å². The first kappa shape index (κ1) is 16.8. The van der Waals surface area contributed by atoms with Crippen molar-refractivity contribution in [3.05, 3.63) is 10.6 Å². The maximum Gasteiger partial charge on any atom is 0.185 e. The van der Waals surface area contributed by atoms with Crippen LogP contribution < -0.4 is 10.2 Å². The minimum absolute atomic E-state index is 0.515. The molecule has 0 bridgehead atoms. The van der Waals surface area contributed by atoms with E-state index in [1.165, 1.54) is 54.5 Å². The van der Waals surface area contributed by atoms with Crippen molar-refractivity contribution in [1.29, 1.82) is 0 Å². The molecule has 2 heterocycles. The summed E-state index contributed by atoms with van der Waals surface area (Å²) in [6.07, 6.45) is 5.40. The molecule has 0 spiro atoms. The predicted octanol–water partition coefficient (Wildman–Crippen LogP) is 4.39. The van der Waals surface area contributed by atoms with E-state index in [0.717, 1.165) is 19.0 Å². The van der Waals surface area contributed by atoms with E-state index in [-0.39, 0.29) is 0 Å². The Hall–Kier alpha value is -0.610. The summed E-state index contributed by atoms with van der Waals surface area (Å²) in [7, 11) is 0. The number of anilines is 1. The number of nitrogens with one attached hydrogen (secondary N) is 1. The monoisotopic (exact) mass is 309 g/mol. The van der Waals surface area contributed by atoms with Crippen molar-refractivity contribution in [1.82, 2.24) is 10.3 Å². The summed E-state index contributed by atoms with van der Waals surface area (Å²) in [4.78, 5) is 8.90. The lowest BCUT2D eigenvalue weighted by Gasteiger charge is -2.31. The lowest BCUT2D eigenvalue weighted by molar-refractivity contribution is 0.378. The summed E-state index contributed by atoms with van der Waals surface area (Å²) >= 11 is 1.90. The molecular formula is C17H31N3S. The fourth-order valence-corrected chi connectivity index (χ4v) is 4.36. The second-order valence-electron chi connectivity index (χ2n) is 6.46. The van der Waals surface area contributed by atoms with Gasteiger partial charge in [-0.2, -0.15) is 0 Å². The minimum Gasteiger partial charge on any atom is -0.348 e. The molecule has 2 rings (SSSR count). The van der Waals surface area contributed by atoms with Crippen molar-refractivity contribution >= 4 is 16.5 Å². The third-order valence-corrected chi connectivity index (χ3v) is 5.51. The number of aromatic nitrogens is 1. The number of rotatable bonds is 7. The molecule has 1 aliphatic heterocycles. The van der Waals surface area contributed by atoms with E-state index < -0.39 is 0 Å². The Bertz CT molecular complexity index is 420. The Morgan fingerprint density at radius 1 is 1.29 bits per heavy atom. The molecule has 1 aromatic heterocycles. The lowest BCUT2D eigenvalue weighted by atomic mass is 9.93. The largest absolute Gasteiger partial charge is 0.348 e. The van der Waals surface area contributed by atoms with Gasteiger partial charge in [0.05, 0.1) is 5.69 Å². The topological polar surface area (TPSA) is 28.2 Å². The molecule has 3 nitrogen and oxygen atoms in total.